The first kappa shape index (κ1) is 18.7. The van der Waals surface area contributed by atoms with Gasteiger partial charge in [0.25, 0.3) is 5.91 Å². The van der Waals surface area contributed by atoms with Crippen molar-refractivity contribution in [3.8, 4) is 5.75 Å². The summed E-state index contributed by atoms with van der Waals surface area (Å²) in [7, 11) is 0. The summed E-state index contributed by atoms with van der Waals surface area (Å²) < 4.78 is 10.7. The molecule has 0 fully saturated rings. The van der Waals surface area contributed by atoms with E-state index in [0.717, 1.165) is 5.56 Å². The van der Waals surface area contributed by atoms with Gasteiger partial charge in [0, 0.05) is 6.20 Å². The minimum Gasteiger partial charge on any atom is -0.479 e. The number of carbonyl (C=O) groups is 2. The highest BCUT2D eigenvalue weighted by Crippen LogP contribution is 2.15. The summed E-state index contributed by atoms with van der Waals surface area (Å²) in [5.74, 6) is -0.243. The van der Waals surface area contributed by atoms with Crippen molar-refractivity contribution in [2.45, 2.75) is 33.0 Å². The monoisotopic (exact) mass is 362 g/mol. The topological polar surface area (TPSA) is 77.5 Å². The van der Waals surface area contributed by atoms with Gasteiger partial charge in [0.05, 0.1) is 5.02 Å². The van der Waals surface area contributed by atoms with Gasteiger partial charge in [-0.25, -0.2) is 9.78 Å². The van der Waals surface area contributed by atoms with Gasteiger partial charge in [0.2, 0.25) is 0 Å². The van der Waals surface area contributed by atoms with Crippen molar-refractivity contribution in [1.29, 1.82) is 0 Å². The Hall–Kier alpha value is -2.60. The van der Waals surface area contributed by atoms with E-state index in [4.69, 9.17) is 21.1 Å². The van der Waals surface area contributed by atoms with Crippen molar-refractivity contribution in [2.75, 3.05) is 5.32 Å². The maximum atomic E-state index is 12.1. The largest absolute Gasteiger partial charge is 0.479 e. The summed E-state index contributed by atoms with van der Waals surface area (Å²) in [6.45, 7) is 4.96. The summed E-state index contributed by atoms with van der Waals surface area (Å²) in [5, 5.41) is 3.00. The second kappa shape index (κ2) is 8.48. The number of pyridine rings is 1. The van der Waals surface area contributed by atoms with Gasteiger partial charge in [0.15, 0.2) is 12.2 Å². The Morgan fingerprint density at radius 2 is 1.92 bits per heavy atom. The molecule has 6 nitrogen and oxygen atoms in total. The first-order chi connectivity index (χ1) is 11.8. The number of esters is 1. The predicted octanol–water partition coefficient (Wildman–Crippen LogP) is 3.38. The van der Waals surface area contributed by atoms with Gasteiger partial charge in [0.1, 0.15) is 11.6 Å². The Labute approximate surface area is 151 Å². The van der Waals surface area contributed by atoms with Crippen LogP contribution in [0.5, 0.6) is 5.75 Å². The predicted molar refractivity (Wildman–Crippen MR) is 94.7 cm³/mol. The van der Waals surface area contributed by atoms with Crippen LogP contribution in [0.2, 0.25) is 5.02 Å². The molecule has 0 unspecified atom stereocenters. The van der Waals surface area contributed by atoms with Crippen LogP contribution in [0.4, 0.5) is 5.82 Å². The number of rotatable bonds is 6. The number of nitrogens with zero attached hydrogens (tertiary/aromatic N) is 1. The van der Waals surface area contributed by atoms with Crippen molar-refractivity contribution in [1.82, 2.24) is 4.98 Å². The Kier molecular flexibility index (Phi) is 6.36. The molecule has 0 aliphatic heterocycles. The van der Waals surface area contributed by atoms with Crippen LogP contribution in [-0.2, 0) is 14.3 Å². The fourth-order valence-electron chi connectivity index (χ4n) is 1.94. The van der Waals surface area contributed by atoms with E-state index >= 15 is 0 Å². The lowest BCUT2D eigenvalue weighted by molar-refractivity contribution is -0.159. The smallest absolute Gasteiger partial charge is 0.347 e. The van der Waals surface area contributed by atoms with Crippen LogP contribution in [0.25, 0.3) is 0 Å². The fraction of sp³-hybridized carbons (Fsp3) is 0.278. The first-order valence-electron chi connectivity index (χ1n) is 7.71. The van der Waals surface area contributed by atoms with Gasteiger partial charge in [-0.2, -0.15) is 0 Å². The molecule has 25 heavy (non-hydrogen) atoms. The summed E-state index contributed by atoms with van der Waals surface area (Å²) in [6.07, 6.45) is -0.426. The number of ether oxygens (including phenoxy) is 2. The van der Waals surface area contributed by atoms with Crippen molar-refractivity contribution in [2.24, 2.45) is 0 Å². The Balaban J connectivity index is 1.87. The molecule has 0 aliphatic carbocycles. The number of anilines is 1. The Morgan fingerprint density at radius 3 is 2.56 bits per heavy atom. The van der Waals surface area contributed by atoms with Crippen molar-refractivity contribution >= 4 is 29.3 Å². The lowest BCUT2D eigenvalue weighted by atomic mass is 10.2. The van der Waals surface area contributed by atoms with Crippen LogP contribution >= 0.6 is 11.6 Å². The number of aryl methyl sites for hydroxylation is 1. The molecule has 0 bridgehead atoms. The van der Waals surface area contributed by atoms with Crippen LogP contribution in [0.1, 0.15) is 19.4 Å². The third-order valence-electron chi connectivity index (χ3n) is 3.28. The number of nitrogens with one attached hydrogen (secondary N) is 1. The fourth-order valence-corrected chi connectivity index (χ4v) is 2.05. The van der Waals surface area contributed by atoms with Crippen molar-refractivity contribution < 1.29 is 19.1 Å². The molecule has 2 rings (SSSR count). The summed E-state index contributed by atoms with van der Waals surface area (Å²) in [5.41, 5.74) is 1.02. The molecule has 1 heterocycles. The molecule has 0 aliphatic rings. The zero-order chi connectivity index (χ0) is 18.4. The molecule has 0 saturated carbocycles. The molecular formula is C18H19ClN2O4. The van der Waals surface area contributed by atoms with Gasteiger partial charge >= 0.3 is 5.97 Å². The van der Waals surface area contributed by atoms with Gasteiger partial charge in [-0.15, -0.1) is 0 Å². The van der Waals surface area contributed by atoms with Gasteiger partial charge in [-0.05, 0) is 50.6 Å². The van der Waals surface area contributed by atoms with E-state index in [1.54, 1.807) is 25.1 Å². The third kappa shape index (κ3) is 5.76. The number of hydrogen-bond donors (Lipinski definition) is 1. The van der Waals surface area contributed by atoms with Crippen LogP contribution < -0.4 is 10.1 Å². The van der Waals surface area contributed by atoms with E-state index in [-0.39, 0.29) is 0 Å². The van der Waals surface area contributed by atoms with Crippen molar-refractivity contribution in [3.05, 3.63) is 53.2 Å². The highest BCUT2D eigenvalue weighted by Gasteiger charge is 2.23. The van der Waals surface area contributed by atoms with E-state index in [2.05, 4.69) is 10.3 Å². The van der Waals surface area contributed by atoms with E-state index < -0.39 is 24.1 Å². The SMILES string of the molecule is Cc1cccc(O[C@H](C)C(=O)O[C@@H](C)C(=O)Nc2ccc(Cl)cn2)c1. The zero-order valence-corrected chi connectivity index (χ0v) is 14.9. The highest BCUT2D eigenvalue weighted by atomic mass is 35.5. The number of carbonyl (C=O) groups excluding carboxylic acids is 2. The molecule has 2 aromatic rings. The lowest BCUT2D eigenvalue weighted by Gasteiger charge is -2.17. The molecule has 0 radical (unpaired) electrons. The van der Waals surface area contributed by atoms with Gasteiger partial charge in [-0.1, -0.05) is 23.7 Å². The van der Waals surface area contributed by atoms with Crippen LogP contribution in [-0.4, -0.2) is 29.1 Å². The average Bonchev–Trinajstić information content (AvgIpc) is 2.56. The third-order valence-corrected chi connectivity index (χ3v) is 3.50. The molecule has 2 atom stereocenters. The molecule has 132 valence electrons. The maximum Gasteiger partial charge on any atom is 0.347 e. The normalized spacial score (nSPS) is 12.8. The molecule has 7 heteroatoms. The number of hydrogen-bond acceptors (Lipinski definition) is 5. The lowest BCUT2D eigenvalue weighted by Crippen LogP contribution is -2.35. The minimum absolute atomic E-state index is 0.321. The summed E-state index contributed by atoms with van der Waals surface area (Å²) in [4.78, 5) is 28.1. The standard InChI is InChI=1S/C18H19ClN2O4/c1-11-5-4-6-15(9-11)24-13(3)18(23)25-12(2)17(22)21-16-8-7-14(19)10-20-16/h4-10,12-13H,1-3H3,(H,20,21,22)/t12-,13+/m0/s1. The molecule has 0 saturated heterocycles. The molecule has 1 aromatic heterocycles. The van der Waals surface area contributed by atoms with Crippen LogP contribution in [0.15, 0.2) is 42.6 Å². The number of benzene rings is 1. The molecule has 1 N–H and O–H groups in total. The minimum atomic E-state index is -0.992. The average molecular weight is 363 g/mol. The molecule has 1 amide bonds. The second-order valence-corrected chi connectivity index (χ2v) is 5.94. The van der Waals surface area contributed by atoms with Crippen LogP contribution in [0.3, 0.4) is 0 Å². The Morgan fingerprint density at radius 1 is 1.16 bits per heavy atom. The number of aromatic nitrogens is 1. The number of halogens is 1. The number of amides is 1. The first-order valence-corrected chi connectivity index (χ1v) is 8.09. The summed E-state index contributed by atoms with van der Waals surface area (Å²) >= 11 is 5.73. The van der Waals surface area contributed by atoms with Gasteiger partial charge < -0.3 is 14.8 Å². The Bertz CT molecular complexity index is 749. The maximum absolute atomic E-state index is 12.1. The zero-order valence-electron chi connectivity index (χ0n) is 14.2. The van der Waals surface area contributed by atoms with Crippen molar-refractivity contribution in [3.63, 3.8) is 0 Å². The molecule has 1 aromatic carbocycles. The van der Waals surface area contributed by atoms with E-state index in [1.807, 2.05) is 25.1 Å². The van der Waals surface area contributed by atoms with E-state index in [0.29, 0.717) is 16.6 Å². The summed E-state index contributed by atoms with van der Waals surface area (Å²) in [6, 6.07) is 10.5. The van der Waals surface area contributed by atoms with E-state index in [9.17, 15) is 9.59 Å². The van der Waals surface area contributed by atoms with E-state index in [1.165, 1.54) is 13.1 Å². The highest BCUT2D eigenvalue weighted by molar-refractivity contribution is 6.30. The second-order valence-electron chi connectivity index (χ2n) is 5.51. The van der Waals surface area contributed by atoms with Gasteiger partial charge in [-0.3, -0.25) is 4.79 Å². The molecule has 0 spiro atoms. The van der Waals surface area contributed by atoms with Crippen LogP contribution in [0, 0.1) is 6.92 Å². The molecular weight excluding hydrogens is 344 g/mol. The quantitative estimate of drug-likeness (QED) is 0.797.